The molecular formula is C22H22ClFN2O5S. The zero-order valence-corrected chi connectivity index (χ0v) is 19.0. The first-order chi connectivity index (χ1) is 15.2. The lowest BCUT2D eigenvalue weighted by atomic mass is 10.0. The molecule has 0 radical (unpaired) electrons. The summed E-state index contributed by atoms with van der Waals surface area (Å²) >= 11 is 7.11. The molecule has 10 heteroatoms. The molecule has 1 amide bonds. The average molecular weight is 481 g/mol. The monoisotopic (exact) mass is 480 g/mol. The highest BCUT2D eigenvalue weighted by Crippen LogP contribution is 2.31. The zero-order chi connectivity index (χ0) is 23.3. The number of halogens is 2. The number of aromatic nitrogens is 1. The van der Waals surface area contributed by atoms with Crippen molar-refractivity contribution in [2.45, 2.75) is 12.5 Å². The van der Waals surface area contributed by atoms with Crippen LogP contribution in [-0.4, -0.2) is 48.0 Å². The first-order valence-corrected chi connectivity index (χ1v) is 10.8. The Morgan fingerprint density at radius 1 is 1.28 bits per heavy atom. The van der Waals surface area contributed by atoms with E-state index in [0.29, 0.717) is 33.3 Å². The summed E-state index contributed by atoms with van der Waals surface area (Å²) in [6.45, 7) is 1.40. The second kappa shape index (κ2) is 10.3. The normalized spacial score (nSPS) is 12.8. The number of ether oxygens (including phenoxy) is 2. The van der Waals surface area contributed by atoms with Crippen LogP contribution in [0.25, 0.3) is 10.6 Å². The number of aliphatic hydroxyl groups excluding tert-OH is 1. The minimum atomic E-state index is -1.44. The summed E-state index contributed by atoms with van der Waals surface area (Å²) in [5.74, 6) is -0.189. The second-order valence-corrected chi connectivity index (χ2v) is 8.33. The number of benzene rings is 2. The van der Waals surface area contributed by atoms with Gasteiger partial charge in [-0.15, -0.1) is 11.3 Å². The van der Waals surface area contributed by atoms with E-state index in [1.807, 2.05) is 0 Å². The van der Waals surface area contributed by atoms with Crippen molar-refractivity contribution in [3.8, 4) is 22.1 Å². The zero-order valence-electron chi connectivity index (χ0n) is 17.4. The minimum absolute atomic E-state index is 0.0125. The largest absolute Gasteiger partial charge is 0.493 e. The van der Waals surface area contributed by atoms with Crippen LogP contribution in [0.15, 0.2) is 41.8 Å². The Morgan fingerprint density at radius 2 is 2.06 bits per heavy atom. The Morgan fingerprint density at radius 3 is 2.75 bits per heavy atom. The molecule has 0 bridgehead atoms. The highest BCUT2D eigenvalue weighted by atomic mass is 35.5. The number of hydrogen-bond acceptors (Lipinski definition) is 7. The summed E-state index contributed by atoms with van der Waals surface area (Å²) in [4.78, 5) is 17.0. The molecule has 32 heavy (non-hydrogen) atoms. The lowest BCUT2D eigenvalue weighted by molar-refractivity contribution is 0.0495. The van der Waals surface area contributed by atoms with Crippen molar-refractivity contribution in [2.24, 2.45) is 0 Å². The molecule has 0 saturated heterocycles. The highest BCUT2D eigenvalue weighted by Gasteiger charge is 2.27. The van der Waals surface area contributed by atoms with Crippen LogP contribution in [0.2, 0.25) is 5.02 Å². The minimum Gasteiger partial charge on any atom is -0.493 e. The summed E-state index contributed by atoms with van der Waals surface area (Å²) in [6.07, 6.45) is 0. The fraction of sp³-hybridized carbons (Fsp3) is 0.273. The number of amides is 1. The van der Waals surface area contributed by atoms with Gasteiger partial charge in [0, 0.05) is 16.5 Å². The van der Waals surface area contributed by atoms with Crippen molar-refractivity contribution in [3.63, 3.8) is 0 Å². The third kappa shape index (κ3) is 5.55. The van der Waals surface area contributed by atoms with Crippen LogP contribution in [0.3, 0.4) is 0 Å². The number of nitrogens with one attached hydrogen (secondary N) is 1. The van der Waals surface area contributed by atoms with E-state index in [4.69, 9.17) is 26.2 Å². The third-order valence-corrected chi connectivity index (χ3v) is 5.77. The fourth-order valence-electron chi connectivity index (χ4n) is 2.81. The molecule has 0 fully saturated rings. The molecule has 0 aliphatic rings. The lowest BCUT2D eigenvalue weighted by Crippen LogP contribution is -2.38. The van der Waals surface area contributed by atoms with Crippen LogP contribution in [0, 0.1) is 5.82 Å². The van der Waals surface area contributed by atoms with Gasteiger partial charge < -0.3 is 25.0 Å². The van der Waals surface area contributed by atoms with Gasteiger partial charge in [-0.05, 0) is 43.3 Å². The van der Waals surface area contributed by atoms with Crippen molar-refractivity contribution in [1.82, 2.24) is 10.3 Å². The number of rotatable bonds is 9. The van der Waals surface area contributed by atoms with Crippen molar-refractivity contribution in [3.05, 3.63) is 63.9 Å². The maximum atomic E-state index is 13.4. The number of thiazole rings is 1. The molecule has 0 aliphatic heterocycles. The van der Waals surface area contributed by atoms with Gasteiger partial charge in [-0.2, -0.15) is 0 Å². The predicted molar refractivity (Wildman–Crippen MR) is 120 cm³/mol. The maximum absolute atomic E-state index is 13.4. The second-order valence-electron chi connectivity index (χ2n) is 7.06. The number of methoxy groups -OCH3 is 1. The van der Waals surface area contributed by atoms with E-state index >= 15 is 0 Å². The number of carbonyl (C=O) groups is 1. The Hall–Kier alpha value is -2.72. The number of aliphatic hydroxyl groups is 2. The van der Waals surface area contributed by atoms with Gasteiger partial charge in [-0.1, -0.05) is 11.6 Å². The van der Waals surface area contributed by atoms with Crippen molar-refractivity contribution in [1.29, 1.82) is 0 Å². The van der Waals surface area contributed by atoms with E-state index in [0.717, 1.165) is 0 Å². The van der Waals surface area contributed by atoms with Gasteiger partial charge in [-0.3, -0.25) is 4.79 Å². The molecule has 7 nitrogen and oxygen atoms in total. The Bertz CT molecular complexity index is 1110. The van der Waals surface area contributed by atoms with Gasteiger partial charge >= 0.3 is 0 Å². The van der Waals surface area contributed by atoms with Crippen molar-refractivity contribution >= 4 is 28.8 Å². The standard InChI is InChI=1S/C22H22ClFN2O5S/c1-22(29,19-11-32-21(26-19)14-3-5-16(24)15(23)9-14)12-25-20(28)13-4-6-17(31-8-7-27)18(10-13)30-2/h3-6,9-11,27,29H,7-8,12H2,1-2H3,(H,25,28). The molecule has 1 unspecified atom stereocenters. The predicted octanol–water partition coefficient (Wildman–Crippen LogP) is 3.62. The first kappa shape index (κ1) is 23.9. The van der Waals surface area contributed by atoms with Gasteiger partial charge in [0.15, 0.2) is 11.5 Å². The fourth-order valence-corrected chi connectivity index (χ4v) is 3.94. The lowest BCUT2D eigenvalue weighted by Gasteiger charge is -2.21. The molecule has 2 aromatic carbocycles. The number of hydrogen-bond donors (Lipinski definition) is 3. The van der Waals surface area contributed by atoms with E-state index < -0.39 is 17.3 Å². The molecule has 0 aliphatic carbocycles. The van der Waals surface area contributed by atoms with E-state index in [-0.39, 0.29) is 24.8 Å². The molecular weight excluding hydrogens is 459 g/mol. The van der Waals surface area contributed by atoms with E-state index in [1.165, 1.54) is 43.6 Å². The molecule has 3 aromatic rings. The number of nitrogens with zero attached hydrogens (tertiary/aromatic N) is 1. The van der Waals surface area contributed by atoms with E-state index in [2.05, 4.69) is 10.3 Å². The molecule has 1 atom stereocenters. The van der Waals surface area contributed by atoms with Gasteiger partial charge in [0.2, 0.25) is 0 Å². The molecule has 3 rings (SSSR count). The smallest absolute Gasteiger partial charge is 0.251 e. The highest BCUT2D eigenvalue weighted by molar-refractivity contribution is 7.13. The van der Waals surface area contributed by atoms with Gasteiger partial charge in [0.1, 0.15) is 23.0 Å². The molecule has 1 aromatic heterocycles. The van der Waals surface area contributed by atoms with Crippen LogP contribution in [0.5, 0.6) is 11.5 Å². The van der Waals surface area contributed by atoms with Crippen LogP contribution in [0.1, 0.15) is 23.0 Å². The first-order valence-electron chi connectivity index (χ1n) is 9.59. The van der Waals surface area contributed by atoms with Crippen LogP contribution < -0.4 is 14.8 Å². The van der Waals surface area contributed by atoms with Crippen molar-refractivity contribution < 1.29 is 28.9 Å². The van der Waals surface area contributed by atoms with Gasteiger partial charge in [-0.25, -0.2) is 9.37 Å². The summed E-state index contributed by atoms with van der Waals surface area (Å²) in [5.41, 5.74) is -0.136. The van der Waals surface area contributed by atoms with E-state index in [1.54, 1.807) is 23.6 Å². The molecule has 0 spiro atoms. The Balaban J connectivity index is 1.69. The summed E-state index contributed by atoms with van der Waals surface area (Å²) in [5, 5.41) is 24.7. The van der Waals surface area contributed by atoms with Crippen LogP contribution in [0.4, 0.5) is 4.39 Å². The molecule has 1 heterocycles. The maximum Gasteiger partial charge on any atom is 0.251 e. The topological polar surface area (TPSA) is 101 Å². The summed E-state index contributed by atoms with van der Waals surface area (Å²) in [7, 11) is 1.45. The van der Waals surface area contributed by atoms with Crippen LogP contribution in [-0.2, 0) is 5.60 Å². The quantitative estimate of drug-likeness (QED) is 0.432. The summed E-state index contributed by atoms with van der Waals surface area (Å²) < 4.78 is 24.0. The number of carbonyl (C=O) groups excluding carboxylic acids is 1. The van der Waals surface area contributed by atoms with Crippen LogP contribution >= 0.6 is 22.9 Å². The Labute approximate surface area is 193 Å². The van der Waals surface area contributed by atoms with E-state index in [9.17, 15) is 14.3 Å². The van der Waals surface area contributed by atoms with Crippen molar-refractivity contribution in [2.75, 3.05) is 26.9 Å². The van der Waals surface area contributed by atoms with Gasteiger partial charge in [0.25, 0.3) is 5.91 Å². The Kier molecular flexibility index (Phi) is 7.68. The molecule has 170 valence electrons. The molecule has 3 N–H and O–H groups in total. The third-order valence-electron chi connectivity index (χ3n) is 4.59. The summed E-state index contributed by atoms with van der Waals surface area (Å²) in [6, 6.07) is 8.92. The average Bonchev–Trinajstić information content (AvgIpc) is 3.29. The van der Waals surface area contributed by atoms with Gasteiger partial charge in [0.05, 0.1) is 31.0 Å². The molecule has 0 saturated carbocycles. The SMILES string of the molecule is COc1cc(C(=O)NCC(C)(O)c2csc(-c3ccc(F)c(Cl)c3)n2)ccc1OCCO.